The fourth-order valence-corrected chi connectivity index (χ4v) is 6.56. The van der Waals surface area contributed by atoms with E-state index in [1.54, 1.807) is 6.92 Å². The van der Waals surface area contributed by atoms with E-state index in [0.29, 0.717) is 18.2 Å². The van der Waals surface area contributed by atoms with Gasteiger partial charge in [0.2, 0.25) is 0 Å². The maximum atomic E-state index is 14.2. The minimum absolute atomic E-state index is 0.125. The van der Waals surface area contributed by atoms with Crippen molar-refractivity contribution < 1.29 is 18.0 Å². The molecule has 6 heteroatoms. The van der Waals surface area contributed by atoms with Crippen LogP contribution in [0.15, 0.2) is 40.9 Å². The molecular formula is C28H30F2N2O2. The molecule has 0 aliphatic heterocycles. The summed E-state index contributed by atoms with van der Waals surface area (Å²) in [7, 11) is 0. The highest BCUT2D eigenvalue weighted by Crippen LogP contribution is 2.63. The Morgan fingerprint density at radius 3 is 2.38 bits per heavy atom. The van der Waals surface area contributed by atoms with Crippen LogP contribution in [-0.2, 0) is 22.2 Å². The van der Waals surface area contributed by atoms with Crippen molar-refractivity contribution in [1.82, 2.24) is 10.1 Å². The molecule has 5 aliphatic carbocycles. The number of pyridine rings is 1. The van der Waals surface area contributed by atoms with Crippen LogP contribution < -0.4 is 0 Å². The molecule has 4 nitrogen and oxygen atoms in total. The molecule has 5 fully saturated rings. The van der Waals surface area contributed by atoms with Crippen LogP contribution in [0.3, 0.4) is 0 Å². The second kappa shape index (κ2) is 6.87. The number of hydrogen-bond acceptors (Lipinski definition) is 4. The first-order valence-electron chi connectivity index (χ1n) is 12.7. The summed E-state index contributed by atoms with van der Waals surface area (Å²) in [4.78, 5) is 5.04. The quantitative estimate of drug-likeness (QED) is 0.396. The monoisotopic (exact) mass is 464 g/mol. The normalized spacial score (nSPS) is 34.0. The highest BCUT2D eigenvalue weighted by molar-refractivity contribution is 5.78. The molecule has 2 aromatic heterocycles. The van der Waals surface area contributed by atoms with Gasteiger partial charge in [-0.05, 0) is 70.4 Å². The van der Waals surface area contributed by atoms with Gasteiger partial charge in [-0.2, -0.15) is 0 Å². The SMILES string of the molecule is CC1(c2noc(C3CC3)c2COC23CCC(c4ccc5ccccc5n4)(CC2)CC3)CC1(F)F. The molecule has 2 heterocycles. The van der Waals surface area contributed by atoms with Gasteiger partial charge in [-0.3, -0.25) is 4.98 Å². The van der Waals surface area contributed by atoms with Gasteiger partial charge >= 0.3 is 0 Å². The summed E-state index contributed by atoms with van der Waals surface area (Å²) in [6.45, 7) is 1.94. The Balaban J connectivity index is 1.11. The van der Waals surface area contributed by atoms with E-state index in [0.717, 1.165) is 68.2 Å². The van der Waals surface area contributed by atoms with Crippen molar-refractivity contribution in [2.45, 2.75) is 99.6 Å². The summed E-state index contributed by atoms with van der Waals surface area (Å²) in [5, 5.41) is 5.34. The number of hydrogen-bond donors (Lipinski definition) is 0. The number of aromatic nitrogens is 2. The number of nitrogens with zero attached hydrogens (tertiary/aromatic N) is 2. The molecule has 5 saturated carbocycles. The summed E-state index contributed by atoms with van der Waals surface area (Å²) in [5.74, 6) is -1.60. The van der Waals surface area contributed by atoms with Crippen LogP contribution in [0.25, 0.3) is 10.9 Å². The summed E-state index contributed by atoms with van der Waals surface area (Å²) in [6, 6.07) is 12.7. The molecule has 3 aromatic rings. The van der Waals surface area contributed by atoms with E-state index in [1.165, 1.54) is 11.1 Å². The first-order valence-corrected chi connectivity index (χ1v) is 12.7. The van der Waals surface area contributed by atoms with Gasteiger partial charge in [0.25, 0.3) is 5.92 Å². The molecule has 1 unspecified atom stereocenters. The Morgan fingerprint density at radius 2 is 1.71 bits per heavy atom. The zero-order valence-electron chi connectivity index (χ0n) is 19.6. The molecule has 8 rings (SSSR count). The molecule has 0 N–H and O–H groups in total. The molecule has 178 valence electrons. The standard InChI is InChI=1S/C28H30F2N2O2/c1-25(17-28(25,29)30)24-20(23(34-32-24)19-6-7-19)16-33-27-13-10-26(11-14-27,12-15-27)22-9-8-18-4-2-3-5-21(18)31-22/h2-5,8-9,19H,6-7,10-17H2,1H3. The third-order valence-corrected chi connectivity index (χ3v) is 9.39. The van der Waals surface area contributed by atoms with Crippen molar-refractivity contribution in [2.24, 2.45) is 0 Å². The van der Waals surface area contributed by atoms with Crippen molar-refractivity contribution in [3.05, 3.63) is 59.1 Å². The zero-order chi connectivity index (χ0) is 23.2. The van der Waals surface area contributed by atoms with Crippen molar-refractivity contribution in [1.29, 1.82) is 0 Å². The first-order chi connectivity index (χ1) is 16.3. The lowest BCUT2D eigenvalue weighted by Gasteiger charge is -2.53. The van der Waals surface area contributed by atoms with Crippen LogP contribution in [0.2, 0.25) is 0 Å². The Labute approximate surface area is 198 Å². The summed E-state index contributed by atoms with van der Waals surface area (Å²) < 4.78 is 40.6. The third kappa shape index (κ3) is 3.03. The van der Waals surface area contributed by atoms with Gasteiger partial charge < -0.3 is 9.26 Å². The summed E-state index contributed by atoms with van der Waals surface area (Å²) in [6.07, 6.45) is 8.04. The third-order valence-electron chi connectivity index (χ3n) is 9.39. The van der Waals surface area contributed by atoms with Gasteiger partial charge in [-0.1, -0.05) is 29.4 Å². The topological polar surface area (TPSA) is 48.2 Å². The van der Waals surface area contributed by atoms with E-state index in [2.05, 4.69) is 35.5 Å². The zero-order valence-corrected chi connectivity index (χ0v) is 19.6. The van der Waals surface area contributed by atoms with Gasteiger partial charge in [0, 0.05) is 34.4 Å². The maximum absolute atomic E-state index is 14.2. The van der Waals surface area contributed by atoms with Gasteiger partial charge in [0.15, 0.2) is 0 Å². The van der Waals surface area contributed by atoms with Crippen LogP contribution in [0, 0.1) is 0 Å². The van der Waals surface area contributed by atoms with E-state index in [1.807, 2.05) is 6.07 Å². The summed E-state index contributed by atoms with van der Waals surface area (Å²) in [5.41, 5.74) is 2.23. The van der Waals surface area contributed by atoms with Crippen LogP contribution in [-0.4, -0.2) is 21.7 Å². The second-order valence-corrected chi connectivity index (χ2v) is 11.5. The lowest BCUT2D eigenvalue weighted by atomic mass is 9.57. The molecule has 0 radical (unpaired) electrons. The highest BCUT2D eigenvalue weighted by atomic mass is 19.3. The van der Waals surface area contributed by atoms with Gasteiger partial charge in [0.05, 0.1) is 23.1 Å². The first kappa shape index (κ1) is 21.0. The maximum Gasteiger partial charge on any atom is 0.260 e. The molecule has 0 saturated heterocycles. The number of fused-ring (bicyclic) bond motifs is 4. The van der Waals surface area contributed by atoms with E-state index in [4.69, 9.17) is 14.2 Å². The number of rotatable bonds is 6. The number of ether oxygens (including phenoxy) is 1. The highest BCUT2D eigenvalue weighted by Gasteiger charge is 2.71. The Morgan fingerprint density at radius 1 is 1.00 bits per heavy atom. The van der Waals surface area contributed by atoms with E-state index >= 15 is 0 Å². The number of benzene rings is 1. The molecule has 5 aliphatic rings. The second-order valence-electron chi connectivity index (χ2n) is 11.5. The fourth-order valence-electron chi connectivity index (χ4n) is 6.56. The molecule has 34 heavy (non-hydrogen) atoms. The van der Waals surface area contributed by atoms with Crippen molar-refractivity contribution in [2.75, 3.05) is 0 Å². The molecule has 1 aromatic carbocycles. The number of alkyl halides is 2. The van der Waals surface area contributed by atoms with Gasteiger partial charge in [-0.15, -0.1) is 0 Å². The van der Waals surface area contributed by atoms with Crippen LogP contribution in [0.1, 0.15) is 93.3 Å². The fraction of sp³-hybridized carbons (Fsp3) is 0.571. The minimum atomic E-state index is -2.71. The van der Waals surface area contributed by atoms with Crippen molar-refractivity contribution in [3.8, 4) is 0 Å². The number of para-hydroxylation sites is 1. The average molecular weight is 465 g/mol. The Bertz CT molecular complexity index is 1260. The van der Waals surface area contributed by atoms with E-state index in [9.17, 15) is 8.78 Å². The largest absolute Gasteiger partial charge is 0.370 e. The molecule has 0 amide bonds. The molecular weight excluding hydrogens is 434 g/mol. The Hall–Kier alpha value is -2.34. The van der Waals surface area contributed by atoms with Crippen molar-refractivity contribution in [3.63, 3.8) is 0 Å². The lowest BCUT2D eigenvalue weighted by molar-refractivity contribution is -0.127. The van der Waals surface area contributed by atoms with Gasteiger partial charge in [0.1, 0.15) is 11.5 Å². The van der Waals surface area contributed by atoms with Crippen LogP contribution >= 0.6 is 0 Å². The molecule has 2 bridgehead atoms. The summed E-state index contributed by atoms with van der Waals surface area (Å²) >= 11 is 0. The minimum Gasteiger partial charge on any atom is -0.370 e. The Kier molecular flexibility index (Phi) is 4.24. The number of halogens is 2. The smallest absolute Gasteiger partial charge is 0.260 e. The van der Waals surface area contributed by atoms with Gasteiger partial charge in [-0.25, -0.2) is 8.78 Å². The predicted molar refractivity (Wildman–Crippen MR) is 124 cm³/mol. The molecule has 0 spiro atoms. The van der Waals surface area contributed by atoms with E-state index in [-0.39, 0.29) is 17.4 Å². The predicted octanol–water partition coefficient (Wildman–Crippen LogP) is 6.96. The van der Waals surface area contributed by atoms with Crippen LogP contribution in [0.4, 0.5) is 8.78 Å². The van der Waals surface area contributed by atoms with E-state index < -0.39 is 11.3 Å². The lowest BCUT2D eigenvalue weighted by Crippen LogP contribution is -2.50. The van der Waals surface area contributed by atoms with Crippen molar-refractivity contribution >= 4 is 10.9 Å². The molecule has 1 atom stereocenters. The average Bonchev–Trinajstić information content (AvgIpc) is 3.73. The van der Waals surface area contributed by atoms with Crippen LogP contribution in [0.5, 0.6) is 0 Å².